The molecule has 9 rings (SSSR count). The lowest BCUT2D eigenvalue weighted by Gasteiger charge is -2.39. The van der Waals surface area contributed by atoms with Gasteiger partial charge in [0, 0.05) is 77.9 Å². The molecule has 84 heavy (non-hydrogen) atoms. The van der Waals surface area contributed by atoms with Gasteiger partial charge in [-0.1, -0.05) is 43.0 Å². The molecule has 2 fully saturated rings. The molecule has 20 nitrogen and oxygen atoms in total. The maximum absolute atomic E-state index is 14.7. The van der Waals surface area contributed by atoms with Gasteiger partial charge in [0.05, 0.1) is 68.9 Å². The van der Waals surface area contributed by atoms with E-state index in [-0.39, 0.29) is 111 Å². The van der Waals surface area contributed by atoms with Crippen molar-refractivity contribution in [3.05, 3.63) is 122 Å². The second kappa shape index (κ2) is 28.2. The van der Waals surface area contributed by atoms with Gasteiger partial charge in [-0.25, -0.2) is 8.78 Å². The molecule has 5 amide bonds. The summed E-state index contributed by atoms with van der Waals surface area (Å²) in [5, 5.41) is 22.2. The maximum atomic E-state index is 14.7. The molecule has 5 heterocycles. The number of benzene rings is 3. The number of hydrogen-bond donors (Lipinski definition) is 4. The van der Waals surface area contributed by atoms with E-state index < -0.39 is 41.6 Å². The van der Waals surface area contributed by atoms with Crippen molar-refractivity contribution in [3.8, 4) is 10.8 Å². The number of likely N-dealkylation sites (N-methyl/N-ethyl adjacent to an activating group) is 1. The molecule has 4 N–H and O–H groups in total. The third-order valence-corrected chi connectivity index (χ3v) is 17.2. The van der Waals surface area contributed by atoms with E-state index in [1.54, 1.807) is 54.5 Å². The minimum Gasteiger partial charge on any atom is -0.491 e. The molecule has 2 aliphatic heterocycles. The molecule has 0 unspecified atom stereocenters. The van der Waals surface area contributed by atoms with Crippen molar-refractivity contribution < 1.29 is 51.7 Å². The highest BCUT2D eigenvalue weighted by Crippen LogP contribution is 2.40. The Morgan fingerprint density at radius 2 is 1.45 bits per heavy atom. The summed E-state index contributed by atoms with van der Waals surface area (Å²) in [5.41, 5.74) is 4.35. The van der Waals surface area contributed by atoms with E-state index in [0.29, 0.717) is 47.9 Å². The first-order chi connectivity index (χ1) is 40.5. The van der Waals surface area contributed by atoms with Crippen LogP contribution >= 0.6 is 22.9 Å². The number of halogens is 3. The molecule has 3 aliphatic rings. The highest BCUT2D eigenvalue weighted by atomic mass is 35.5. The molecular formula is C60H72ClF2N11O9S. The first-order valence-electron chi connectivity index (χ1n) is 28.5. The Kier molecular flexibility index (Phi) is 20.6. The van der Waals surface area contributed by atoms with Crippen LogP contribution in [0.25, 0.3) is 15.9 Å². The summed E-state index contributed by atoms with van der Waals surface area (Å²) in [7, 11) is 3.20. The summed E-state index contributed by atoms with van der Waals surface area (Å²) >= 11 is 7.90. The summed E-state index contributed by atoms with van der Waals surface area (Å²) < 4.78 is 55.6. The van der Waals surface area contributed by atoms with Crippen LogP contribution in [0.15, 0.2) is 65.7 Å². The maximum Gasteiger partial charge on any atom is 0.271 e. The molecule has 1 aliphatic carbocycles. The van der Waals surface area contributed by atoms with Crippen LogP contribution in [0.1, 0.15) is 106 Å². The minimum atomic E-state index is -1.17. The van der Waals surface area contributed by atoms with Gasteiger partial charge >= 0.3 is 0 Å². The zero-order valence-electron chi connectivity index (χ0n) is 48.2. The number of piperazine rings is 1. The molecule has 3 aromatic carbocycles. The molecule has 0 bridgehead atoms. The first kappa shape index (κ1) is 61.4. The molecule has 3 atom stereocenters. The fourth-order valence-electron chi connectivity index (χ4n) is 10.9. The number of anilines is 1. The van der Waals surface area contributed by atoms with Gasteiger partial charge in [-0.15, -0.1) is 21.5 Å². The summed E-state index contributed by atoms with van der Waals surface area (Å²) in [6, 6.07) is 14.7. The van der Waals surface area contributed by atoms with Gasteiger partial charge in [0.1, 0.15) is 41.0 Å². The van der Waals surface area contributed by atoms with Crippen molar-refractivity contribution in [1.82, 2.24) is 45.1 Å². The topological polar surface area (TPSA) is 225 Å². The number of rotatable bonds is 24. The van der Waals surface area contributed by atoms with Crippen molar-refractivity contribution in [2.24, 2.45) is 18.0 Å². The van der Waals surface area contributed by atoms with Gasteiger partial charge in [-0.05, 0) is 102 Å². The monoisotopic (exact) mass is 1200 g/mol. The number of fused-ring (bicyclic) bond motifs is 4. The molecule has 0 spiro atoms. The Bertz CT molecular complexity index is 3370. The van der Waals surface area contributed by atoms with E-state index in [1.807, 2.05) is 35.8 Å². The fourth-order valence-corrected chi connectivity index (χ4v) is 12.2. The molecule has 3 aromatic heterocycles. The Balaban J connectivity index is 0.678. The van der Waals surface area contributed by atoms with Crippen molar-refractivity contribution in [2.45, 2.75) is 84.3 Å². The van der Waals surface area contributed by atoms with Crippen LogP contribution in [-0.2, 0) is 35.6 Å². The fraction of sp³-hybridized carbons (Fsp3) is 0.467. The second-order valence-electron chi connectivity index (χ2n) is 21.2. The zero-order chi connectivity index (χ0) is 59.6. The summed E-state index contributed by atoms with van der Waals surface area (Å²) in [5.74, 6) is -2.27. The van der Waals surface area contributed by atoms with E-state index in [0.717, 1.165) is 76.5 Å². The third-order valence-electron chi connectivity index (χ3n) is 15.7. The molecule has 6 aromatic rings. The van der Waals surface area contributed by atoms with Crippen LogP contribution in [-0.4, -0.2) is 162 Å². The number of aryl methyl sites for hydroxylation is 3. The molecule has 1 saturated carbocycles. The number of aliphatic imine (C=N–C) groups is 1. The summed E-state index contributed by atoms with van der Waals surface area (Å²) in [6.07, 6.45) is 4.74. The van der Waals surface area contributed by atoms with Crippen molar-refractivity contribution in [3.63, 3.8) is 0 Å². The van der Waals surface area contributed by atoms with Crippen LogP contribution in [0.2, 0.25) is 5.02 Å². The summed E-state index contributed by atoms with van der Waals surface area (Å²) in [4.78, 5) is 78.3. The molecule has 1 saturated heterocycles. The largest absolute Gasteiger partial charge is 0.491 e. The quantitative estimate of drug-likeness (QED) is 0.0435. The van der Waals surface area contributed by atoms with Crippen molar-refractivity contribution in [1.29, 1.82) is 0 Å². The van der Waals surface area contributed by atoms with Gasteiger partial charge in [0.15, 0.2) is 17.5 Å². The lowest BCUT2D eigenvalue weighted by Crippen LogP contribution is -2.59. The first-order valence-corrected chi connectivity index (χ1v) is 29.7. The number of aromatic nitrogens is 4. The third kappa shape index (κ3) is 14.2. The Morgan fingerprint density at radius 3 is 2.13 bits per heavy atom. The number of ether oxygens (including phenoxy) is 4. The highest BCUT2D eigenvalue weighted by Gasteiger charge is 2.38. The number of nitrogens with zero attached hydrogens (tertiary/aromatic N) is 7. The highest BCUT2D eigenvalue weighted by molar-refractivity contribution is 7.15. The smallest absolute Gasteiger partial charge is 0.271 e. The van der Waals surface area contributed by atoms with Gasteiger partial charge in [-0.2, -0.15) is 0 Å². The van der Waals surface area contributed by atoms with Crippen molar-refractivity contribution >= 4 is 74.8 Å². The number of carbonyl (C=O) groups excluding carboxylic acids is 5. The summed E-state index contributed by atoms with van der Waals surface area (Å²) in [6.45, 7) is 10.3. The van der Waals surface area contributed by atoms with Gasteiger partial charge in [0.25, 0.3) is 11.8 Å². The minimum absolute atomic E-state index is 0.00489. The molecule has 0 radical (unpaired) electrons. The van der Waals surface area contributed by atoms with Crippen LogP contribution in [0.4, 0.5) is 14.5 Å². The number of hydrogen-bond acceptors (Lipinski definition) is 14. The van der Waals surface area contributed by atoms with E-state index >= 15 is 0 Å². The van der Waals surface area contributed by atoms with Crippen LogP contribution < -0.4 is 26.0 Å². The molecular weight excluding hydrogens is 1120 g/mol. The standard InChI is InChI=1S/C60H72ClF2N11O9S/c1-35-37(3)84-60-50(35)52(40-12-14-41(61)15-13-40)67-47(55-70-69-38(4)74(55)60)34-49(75)66-42-16-18-43(19-17-42)83-31-30-82-29-28-81-27-26-80-25-20-65-57(77)51-44-32-45(62)46(63)33-48(44)71(6)54(51)59(79)73-23-21-72(22-24-73)58(78)53(39-10-8-7-9-11-39)68-56(76)36(2)64-5/h12-19,32-33,36,39,47,53,64H,7-11,20-31,34H2,1-6H3,(H,65,77)(H,66,75)(H,68,76)/t36-,47-,53-/m0/s1. The van der Waals surface area contributed by atoms with Crippen LogP contribution in [0.5, 0.6) is 5.75 Å². The van der Waals surface area contributed by atoms with Gasteiger partial charge in [-0.3, -0.25) is 33.5 Å². The van der Waals surface area contributed by atoms with E-state index in [4.69, 9.17) is 35.5 Å². The Morgan fingerprint density at radius 1 is 0.810 bits per heavy atom. The Labute approximate surface area is 495 Å². The average molecular weight is 1200 g/mol. The molecule has 448 valence electrons. The van der Waals surface area contributed by atoms with E-state index in [2.05, 4.69) is 45.3 Å². The zero-order valence-corrected chi connectivity index (χ0v) is 49.7. The normalized spacial score (nSPS) is 16.1. The lowest BCUT2D eigenvalue weighted by atomic mass is 9.83. The number of amides is 5. The number of carbonyl (C=O) groups is 5. The van der Waals surface area contributed by atoms with Gasteiger partial charge in [0.2, 0.25) is 17.7 Å². The van der Waals surface area contributed by atoms with E-state index in [1.165, 1.54) is 16.5 Å². The Hall–Kier alpha value is -7.15. The van der Waals surface area contributed by atoms with Crippen molar-refractivity contribution in [2.75, 3.05) is 91.3 Å². The SMILES string of the molecule is CN[C@@H](C)C(=O)N[C@H](C(=O)N1CCN(C(=O)c2c(C(=O)NCCOCCOCCOCCOc3ccc(NC(=O)C[C@@H]4N=C(c5ccc(Cl)cc5)c5c(sc(C)c5C)-n5c(C)nnc54)cc3)c3cc(F)c(F)cc3n2C)CC1)C1CCCCC1. The number of nitrogens with one attached hydrogen (secondary N) is 4. The van der Waals surface area contributed by atoms with Gasteiger partial charge < -0.3 is 54.6 Å². The average Bonchev–Trinajstić information content (AvgIpc) is 2.40. The lowest BCUT2D eigenvalue weighted by molar-refractivity contribution is -0.140. The molecule has 24 heteroatoms. The van der Waals surface area contributed by atoms with Crippen LogP contribution in [0, 0.1) is 38.3 Å². The van der Waals surface area contributed by atoms with Crippen LogP contribution in [0.3, 0.4) is 0 Å². The van der Waals surface area contributed by atoms with E-state index in [9.17, 15) is 32.8 Å². The second-order valence-corrected chi connectivity index (χ2v) is 22.8. The predicted octanol–water partition coefficient (Wildman–Crippen LogP) is 7.41. The predicted molar refractivity (Wildman–Crippen MR) is 316 cm³/mol. The number of thiophene rings is 1.